The minimum Gasteiger partial charge on any atom is -0.482 e. The van der Waals surface area contributed by atoms with E-state index in [9.17, 15) is 9.59 Å². The molecule has 0 aromatic heterocycles. The van der Waals surface area contributed by atoms with Gasteiger partial charge in [0.05, 0.1) is 5.54 Å². The first kappa shape index (κ1) is 15.3. The number of benzene rings is 1. The molecule has 1 heterocycles. The molecule has 0 radical (unpaired) electrons. The van der Waals surface area contributed by atoms with Crippen LogP contribution in [0, 0.1) is 0 Å². The van der Waals surface area contributed by atoms with Gasteiger partial charge >= 0.3 is 5.97 Å². The van der Waals surface area contributed by atoms with E-state index in [1.54, 1.807) is 24.3 Å². The molecular weight excluding hydrogens is 272 g/mol. The lowest BCUT2D eigenvalue weighted by molar-refractivity contribution is -0.139. The van der Waals surface area contributed by atoms with E-state index < -0.39 is 11.5 Å². The van der Waals surface area contributed by atoms with Crippen LogP contribution in [0.1, 0.15) is 26.2 Å². The molecule has 1 fully saturated rings. The summed E-state index contributed by atoms with van der Waals surface area (Å²) in [5.74, 6) is -0.592. The Labute approximate surface area is 123 Å². The maximum absolute atomic E-state index is 12.4. The molecule has 1 atom stereocenters. The number of amides is 1. The van der Waals surface area contributed by atoms with Crippen molar-refractivity contribution in [2.45, 2.75) is 31.7 Å². The minimum absolute atomic E-state index is 0.0262. The lowest BCUT2D eigenvalue weighted by atomic mass is 9.93. The van der Waals surface area contributed by atoms with E-state index in [2.05, 4.69) is 10.6 Å². The monoisotopic (exact) mass is 292 g/mol. The number of aliphatic carboxylic acids is 1. The van der Waals surface area contributed by atoms with Gasteiger partial charge in [-0.1, -0.05) is 6.92 Å². The standard InChI is InChI=1S/C15H20N2O4/c1-2-15(8-3-9-16-15)14(20)17-11-4-6-12(7-5-11)21-10-13(18)19/h4-7,16H,2-3,8-10H2,1H3,(H,17,20)(H,18,19). The summed E-state index contributed by atoms with van der Waals surface area (Å²) in [5.41, 5.74) is 0.197. The number of carbonyl (C=O) groups excluding carboxylic acids is 1. The van der Waals surface area contributed by atoms with Gasteiger partial charge in [0.25, 0.3) is 0 Å². The summed E-state index contributed by atoms with van der Waals surface area (Å²) in [6.45, 7) is 2.48. The van der Waals surface area contributed by atoms with Crippen LogP contribution >= 0.6 is 0 Å². The zero-order chi connectivity index (χ0) is 15.3. The van der Waals surface area contributed by atoms with Crippen LogP contribution in [0.2, 0.25) is 0 Å². The van der Waals surface area contributed by atoms with Crippen LogP contribution in [0.4, 0.5) is 5.69 Å². The van der Waals surface area contributed by atoms with Crippen molar-refractivity contribution in [2.24, 2.45) is 0 Å². The summed E-state index contributed by atoms with van der Waals surface area (Å²) in [6.07, 6.45) is 2.59. The van der Waals surface area contributed by atoms with E-state index in [-0.39, 0.29) is 12.5 Å². The van der Waals surface area contributed by atoms with Crippen LogP contribution < -0.4 is 15.4 Å². The average Bonchev–Trinajstić information content (AvgIpc) is 2.96. The third-order valence-corrected chi connectivity index (χ3v) is 3.76. The Morgan fingerprint density at radius 3 is 2.62 bits per heavy atom. The maximum Gasteiger partial charge on any atom is 0.341 e. The number of ether oxygens (including phenoxy) is 1. The van der Waals surface area contributed by atoms with Gasteiger partial charge in [-0.15, -0.1) is 0 Å². The van der Waals surface area contributed by atoms with Crippen LogP contribution in [-0.2, 0) is 9.59 Å². The Morgan fingerprint density at radius 2 is 2.10 bits per heavy atom. The van der Waals surface area contributed by atoms with Crippen molar-refractivity contribution in [3.63, 3.8) is 0 Å². The molecule has 0 saturated carbocycles. The van der Waals surface area contributed by atoms with Crippen molar-refractivity contribution in [3.05, 3.63) is 24.3 Å². The highest BCUT2D eigenvalue weighted by atomic mass is 16.5. The first-order chi connectivity index (χ1) is 10.1. The average molecular weight is 292 g/mol. The predicted molar refractivity (Wildman–Crippen MR) is 78.5 cm³/mol. The molecule has 0 aliphatic carbocycles. The lowest BCUT2D eigenvalue weighted by Gasteiger charge is -2.26. The molecule has 114 valence electrons. The van der Waals surface area contributed by atoms with Crippen molar-refractivity contribution in [2.75, 3.05) is 18.5 Å². The number of hydrogen-bond donors (Lipinski definition) is 3. The van der Waals surface area contributed by atoms with Crippen molar-refractivity contribution in [1.29, 1.82) is 0 Å². The summed E-state index contributed by atoms with van der Waals surface area (Å²) < 4.78 is 5.04. The van der Waals surface area contributed by atoms with Gasteiger partial charge in [0, 0.05) is 5.69 Å². The van der Waals surface area contributed by atoms with E-state index in [1.165, 1.54) is 0 Å². The van der Waals surface area contributed by atoms with Crippen molar-refractivity contribution >= 4 is 17.6 Å². The van der Waals surface area contributed by atoms with Crippen LogP contribution in [-0.4, -0.2) is 35.7 Å². The molecule has 3 N–H and O–H groups in total. The lowest BCUT2D eigenvalue weighted by Crippen LogP contribution is -2.50. The zero-order valence-corrected chi connectivity index (χ0v) is 12.0. The van der Waals surface area contributed by atoms with E-state index in [0.29, 0.717) is 11.4 Å². The molecule has 1 aliphatic rings. The summed E-state index contributed by atoms with van der Waals surface area (Å²) in [4.78, 5) is 22.8. The number of rotatable bonds is 6. The minimum atomic E-state index is -1.02. The molecule has 1 amide bonds. The first-order valence-corrected chi connectivity index (χ1v) is 7.07. The number of carbonyl (C=O) groups is 2. The number of hydrogen-bond acceptors (Lipinski definition) is 4. The maximum atomic E-state index is 12.4. The summed E-state index contributed by atoms with van der Waals surface area (Å²) in [6, 6.07) is 6.68. The Morgan fingerprint density at radius 1 is 1.38 bits per heavy atom. The fourth-order valence-electron chi connectivity index (χ4n) is 2.49. The fraction of sp³-hybridized carbons (Fsp3) is 0.467. The Balaban J connectivity index is 1.96. The van der Waals surface area contributed by atoms with Crippen LogP contribution in [0.25, 0.3) is 0 Å². The van der Waals surface area contributed by atoms with Crippen molar-refractivity contribution in [1.82, 2.24) is 5.32 Å². The Bertz CT molecular complexity index is 507. The normalized spacial score (nSPS) is 21.0. The summed E-state index contributed by atoms with van der Waals surface area (Å²) >= 11 is 0. The topological polar surface area (TPSA) is 87.7 Å². The van der Waals surface area contributed by atoms with Crippen molar-refractivity contribution in [3.8, 4) is 5.75 Å². The zero-order valence-electron chi connectivity index (χ0n) is 12.0. The van der Waals surface area contributed by atoms with Gasteiger partial charge in [0.1, 0.15) is 5.75 Å². The highest BCUT2D eigenvalue weighted by molar-refractivity contribution is 5.98. The third kappa shape index (κ3) is 3.72. The molecule has 1 aliphatic heterocycles. The van der Waals surface area contributed by atoms with Gasteiger partial charge in [0.2, 0.25) is 5.91 Å². The van der Waals surface area contributed by atoms with Crippen LogP contribution in [0.5, 0.6) is 5.75 Å². The van der Waals surface area contributed by atoms with Gasteiger partial charge in [-0.2, -0.15) is 0 Å². The van der Waals surface area contributed by atoms with Crippen LogP contribution in [0.15, 0.2) is 24.3 Å². The summed E-state index contributed by atoms with van der Waals surface area (Å²) in [5, 5.41) is 14.7. The SMILES string of the molecule is CCC1(C(=O)Nc2ccc(OCC(=O)O)cc2)CCCN1. The molecule has 6 heteroatoms. The van der Waals surface area contributed by atoms with Gasteiger partial charge in [0.15, 0.2) is 6.61 Å². The molecule has 21 heavy (non-hydrogen) atoms. The molecule has 0 spiro atoms. The predicted octanol–water partition coefficient (Wildman–Crippen LogP) is 1.62. The summed E-state index contributed by atoms with van der Waals surface area (Å²) in [7, 11) is 0. The van der Waals surface area contributed by atoms with E-state index in [0.717, 1.165) is 25.8 Å². The van der Waals surface area contributed by atoms with Crippen molar-refractivity contribution < 1.29 is 19.4 Å². The Kier molecular flexibility index (Phi) is 4.80. The van der Waals surface area contributed by atoms with Gasteiger partial charge in [-0.25, -0.2) is 4.79 Å². The fourth-order valence-corrected chi connectivity index (χ4v) is 2.49. The van der Waals surface area contributed by atoms with Gasteiger partial charge in [-0.05, 0) is 50.1 Å². The van der Waals surface area contributed by atoms with E-state index in [1.807, 2.05) is 6.92 Å². The Hall–Kier alpha value is -2.08. The molecule has 6 nitrogen and oxygen atoms in total. The molecule has 1 unspecified atom stereocenters. The van der Waals surface area contributed by atoms with E-state index in [4.69, 9.17) is 9.84 Å². The highest BCUT2D eigenvalue weighted by Gasteiger charge is 2.38. The molecule has 1 aromatic rings. The molecule has 0 bridgehead atoms. The smallest absolute Gasteiger partial charge is 0.341 e. The molecular formula is C15H20N2O4. The molecule has 1 saturated heterocycles. The van der Waals surface area contributed by atoms with Crippen LogP contribution in [0.3, 0.4) is 0 Å². The number of anilines is 1. The molecule has 2 rings (SSSR count). The quantitative estimate of drug-likeness (QED) is 0.741. The second kappa shape index (κ2) is 6.58. The highest BCUT2D eigenvalue weighted by Crippen LogP contribution is 2.25. The largest absolute Gasteiger partial charge is 0.482 e. The van der Waals surface area contributed by atoms with Gasteiger partial charge < -0.3 is 20.5 Å². The third-order valence-electron chi connectivity index (χ3n) is 3.76. The first-order valence-electron chi connectivity index (χ1n) is 7.07. The van der Waals surface area contributed by atoms with E-state index >= 15 is 0 Å². The number of nitrogens with one attached hydrogen (secondary N) is 2. The van der Waals surface area contributed by atoms with Gasteiger partial charge in [-0.3, -0.25) is 4.79 Å². The second-order valence-corrected chi connectivity index (χ2v) is 5.13. The number of carboxylic acid groups (broad SMARTS) is 1. The number of carboxylic acids is 1. The second-order valence-electron chi connectivity index (χ2n) is 5.13. The molecule has 1 aromatic carbocycles.